The number of nitrogens with zero attached hydrogens (tertiary/aromatic N) is 2. The SMILES string of the molecule is O=S(=O)(CCC1CCCCN1)N1CCC(N2CCCC2)C1. The van der Waals surface area contributed by atoms with Crippen molar-refractivity contribution in [3.63, 3.8) is 0 Å². The Morgan fingerprint density at radius 1 is 1.00 bits per heavy atom. The highest BCUT2D eigenvalue weighted by molar-refractivity contribution is 7.89. The molecule has 122 valence electrons. The van der Waals surface area contributed by atoms with E-state index in [-0.39, 0.29) is 0 Å². The van der Waals surface area contributed by atoms with E-state index in [0.29, 0.717) is 17.8 Å². The Bertz CT molecular complexity index is 428. The van der Waals surface area contributed by atoms with Crippen molar-refractivity contribution in [3.8, 4) is 0 Å². The predicted octanol–water partition coefficient (Wildman–Crippen LogP) is 1.02. The Hall–Kier alpha value is -0.170. The summed E-state index contributed by atoms with van der Waals surface area (Å²) in [5.41, 5.74) is 0. The topological polar surface area (TPSA) is 52.7 Å². The second-order valence-electron chi connectivity index (χ2n) is 6.80. The van der Waals surface area contributed by atoms with E-state index in [2.05, 4.69) is 10.2 Å². The van der Waals surface area contributed by atoms with E-state index in [1.807, 2.05) is 0 Å². The number of sulfonamides is 1. The third-order valence-corrected chi connectivity index (χ3v) is 7.18. The van der Waals surface area contributed by atoms with Crippen molar-refractivity contribution in [1.29, 1.82) is 0 Å². The molecule has 0 amide bonds. The summed E-state index contributed by atoms with van der Waals surface area (Å²) in [6.07, 6.45) is 7.93. The van der Waals surface area contributed by atoms with Crippen LogP contribution in [0.25, 0.3) is 0 Å². The van der Waals surface area contributed by atoms with Crippen LogP contribution in [0.2, 0.25) is 0 Å². The summed E-state index contributed by atoms with van der Waals surface area (Å²) >= 11 is 0. The molecule has 0 spiro atoms. The van der Waals surface area contributed by atoms with Crippen molar-refractivity contribution in [3.05, 3.63) is 0 Å². The van der Waals surface area contributed by atoms with Crippen LogP contribution in [0.15, 0.2) is 0 Å². The fraction of sp³-hybridized carbons (Fsp3) is 1.00. The van der Waals surface area contributed by atoms with Crippen LogP contribution in [0.4, 0.5) is 0 Å². The highest BCUT2D eigenvalue weighted by Crippen LogP contribution is 2.23. The molecule has 5 nitrogen and oxygen atoms in total. The molecule has 3 rings (SSSR count). The van der Waals surface area contributed by atoms with Crippen molar-refractivity contribution in [2.45, 2.75) is 57.0 Å². The van der Waals surface area contributed by atoms with E-state index in [1.54, 1.807) is 4.31 Å². The van der Waals surface area contributed by atoms with Gasteiger partial charge in [-0.15, -0.1) is 0 Å². The summed E-state index contributed by atoms with van der Waals surface area (Å²) in [5, 5.41) is 3.44. The number of piperidine rings is 1. The first-order chi connectivity index (χ1) is 10.1. The van der Waals surface area contributed by atoms with Gasteiger partial charge in [0, 0.05) is 25.2 Å². The molecule has 0 radical (unpaired) electrons. The van der Waals surface area contributed by atoms with Crippen molar-refractivity contribution in [1.82, 2.24) is 14.5 Å². The maximum absolute atomic E-state index is 12.5. The molecule has 0 bridgehead atoms. The molecule has 0 aromatic rings. The zero-order chi connectivity index (χ0) is 14.7. The molecule has 0 aromatic carbocycles. The maximum Gasteiger partial charge on any atom is 0.214 e. The molecule has 21 heavy (non-hydrogen) atoms. The number of rotatable bonds is 5. The molecule has 1 N–H and O–H groups in total. The summed E-state index contributed by atoms with van der Waals surface area (Å²) in [7, 11) is -3.06. The lowest BCUT2D eigenvalue weighted by molar-refractivity contribution is 0.251. The first-order valence-electron chi connectivity index (χ1n) is 8.60. The minimum absolute atomic E-state index is 0.317. The number of nitrogens with one attached hydrogen (secondary N) is 1. The minimum atomic E-state index is -3.06. The lowest BCUT2D eigenvalue weighted by atomic mass is 10.0. The molecule has 2 unspecified atom stereocenters. The number of likely N-dealkylation sites (tertiary alicyclic amines) is 1. The lowest BCUT2D eigenvalue weighted by Gasteiger charge is -2.25. The Morgan fingerprint density at radius 2 is 1.81 bits per heavy atom. The van der Waals surface area contributed by atoms with Crippen LogP contribution >= 0.6 is 0 Å². The molecule has 3 fully saturated rings. The van der Waals surface area contributed by atoms with Crippen LogP contribution in [0, 0.1) is 0 Å². The maximum atomic E-state index is 12.5. The summed E-state index contributed by atoms with van der Waals surface area (Å²) in [6, 6.07) is 0.876. The molecule has 3 saturated heterocycles. The molecule has 6 heteroatoms. The van der Waals surface area contributed by atoms with Crippen molar-refractivity contribution in [2.24, 2.45) is 0 Å². The Labute approximate surface area is 129 Å². The first kappa shape index (κ1) is 15.7. The monoisotopic (exact) mass is 315 g/mol. The largest absolute Gasteiger partial charge is 0.314 e. The van der Waals surface area contributed by atoms with Crippen LogP contribution < -0.4 is 5.32 Å². The molecule has 3 aliphatic rings. The van der Waals surface area contributed by atoms with Gasteiger partial charge in [-0.05, 0) is 58.2 Å². The molecular weight excluding hydrogens is 286 g/mol. The van der Waals surface area contributed by atoms with Gasteiger partial charge in [0.2, 0.25) is 10.0 Å². The molecule has 3 heterocycles. The van der Waals surface area contributed by atoms with Crippen molar-refractivity contribution >= 4 is 10.0 Å². The lowest BCUT2D eigenvalue weighted by Crippen LogP contribution is -2.40. The molecule has 0 aromatic heterocycles. The van der Waals surface area contributed by atoms with Crippen LogP contribution in [0.5, 0.6) is 0 Å². The zero-order valence-electron chi connectivity index (χ0n) is 13.0. The van der Waals surface area contributed by atoms with Crippen LogP contribution in [0.1, 0.15) is 44.9 Å². The smallest absolute Gasteiger partial charge is 0.214 e. The molecule has 0 aliphatic carbocycles. The molecule has 0 saturated carbocycles. The van der Waals surface area contributed by atoms with E-state index in [9.17, 15) is 8.42 Å². The summed E-state index contributed by atoms with van der Waals surface area (Å²) < 4.78 is 26.8. The Balaban J connectivity index is 1.48. The second kappa shape index (κ2) is 6.94. The highest BCUT2D eigenvalue weighted by Gasteiger charge is 2.35. The Kier molecular flexibility index (Phi) is 5.19. The van der Waals surface area contributed by atoms with Crippen molar-refractivity contribution in [2.75, 3.05) is 38.5 Å². The van der Waals surface area contributed by atoms with Gasteiger partial charge < -0.3 is 5.32 Å². The average Bonchev–Trinajstić information content (AvgIpc) is 3.17. The van der Waals surface area contributed by atoms with Gasteiger partial charge in [0.1, 0.15) is 0 Å². The van der Waals surface area contributed by atoms with Crippen LogP contribution in [-0.4, -0.2) is 68.2 Å². The quantitative estimate of drug-likeness (QED) is 0.823. The summed E-state index contributed by atoms with van der Waals surface area (Å²) in [6.45, 7) is 4.81. The van der Waals surface area contributed by atoms with E-state index < -0.39 is 10.0 Å². The van der Waals surface area contributed by atoms with Gasteiger partial charge in [0.05, 0.1) is 5.75 Å². The van der Waals surface area contributed by atoms with Gasteiger partial charge in [0.25, 0.3) is 0 Å². The molecule has 3 aliphatic heterocycles. The minimum Gasteiger partial charge on any atom is -0.314 e. The fourth-order valence-corrected chi connectivity index (χ4v) is 5.58. The fourth-order valence-electron chi connectivity index (χ4n) is 3.96. The summed E-state index contributed by atoms with van der Waals surface area (Å²) in [5.74, 6) is 0.317. The highest BCUT2D eigenvalue weighted by atomic mass is 32.2. The third kappa shape index (κ3) is 3.97. The Morgan fingerprint density at radius 3 is 2.52 bits per heavy atom. The number of hydrogen-bond donors (Lipinski definition) is 1. The van der Waals surface area contributed by atoms with Gasteiger partial charge in [-0.2, -0.15) is 0 Å². The van der Waals surface area contributed by atoms with E-state index in [1.165, 1.54) is 25.7 Å². The van der Waals surface area contributed by atoms with E-state index in [0.717, 1.165) is 52.0 Å². The van der Waals surface area contributed by atoms with Gasteiger partial charge in [-0.1, -0.05) is 6.42 Å². The molecule has 2 atom stereocenters. The normalized spacial score (nSPS) is 32.8. The standard InChI is InChI=1S/C15H29N3O2S/c19-21(20,12-7-14-5-1-2-8-16-14)18-11-6-15(13-18)17-9-3-4-10-17/h14-16H,1-13H2. The molecular formula is C15H29N3O2S. The summed E-state index contributed by atoms with van der Waals surface area (Å²) in [4.78, 5) is 2.48. The third-order valence-electron chi connectivity index (χ3n) is 5.31. The van der Waals surface area contributed by atoms with Gasteiger partial charge in [-0.3, -0.25) is 4.90 Å². The predicted molar refractivity (Wildman–Crippen MR) is 84.8 cm³/mol. The van der Waals surface area contributed by atoms with Gasteiger partial charge in [0.15, 0.2) is 0 Å². The first-order valence-corrected chi connectivity index (χ1v) is 10.2. The number of hydrogen-bond acceptors (Lipinski definition) is 4. The average molecular weight is 315 g/mol. The van der Waals surface area contributed by atoms with Gasteiger partial charge in [-0.25, -0.2) is 12.7 Å². The van der Waals surface area contributed by atoms with E-state index in [4.69, 9.17) is 0 Å². The van der Waals surface area contributed by atoms with Crippen LogP contribution in [-0.2, 0) is 10.0 Å². The van der Waals surface area contributed by atoms with Gasteiger partial charge >= 0.3 is 0 Å². The van der Waals surface area contributed by atoms with E-state index >= 15 is 0 Å². The van der Waals surface area contributed by atoms with Crippen molar-refractivity contribution < 1.29 is 8.42 Å². The second-order valence-corrected chi connectivity index (χ2v) is 8.88. The van der Waals surface area contributed by atoms with Crippen LogP contribution in [0.3, 0.4) is 0 Å². The zero-order valence-corrected chi connectivity index (χ0v) is 13.8.